The van der Waals surface area contributed by atoms with Crippen LogP contribution in [0.2, 0.25) is 0 Å². The number of nitrogens with zero attached hydrogens (tertiary/aromatic N) is 1. The van der Waals surface area contributed by atoms with Crippen molar-refractivity contribution < 1.29 is 4.79 Å². The first-order chi connectivity index (χ1) is 6.07. The highest BCUT2D eigenvalue weighted by Crippen LogP contribution is 2.31. The first kappa shape index (κ1) is 10.7. The fourth-order valence-electron chi connectivity index (χ4n) is 2.49. The van der Waals surface area contributed by atoms with Crippen LogP contribution in [0.1, 0.15) is 33.6 Å². The lowest BCUT2D eigenvalue weighted by atomic mass is 9.84. The van der Waals surface area contributed by atoms with E-state index in [4.69, 9.17) is 0 Å². The Balaban J connectivity index is 2.69. The molecule has 0 aromatic carbocycles. The lowest BCUT2D eigenvalue weighted by molar-refractivity contribution is -0.122. The van der Waals surface area contributed by atoms with E-state index in [1.54, 1.807) is 6.92 Å². The van der Waals surface area contributed by atoms with Crippen LogP contribution in [0.25, 0.3) is 0 Å². The minimum Gasteiger partial charge on any atom is -0.298 e. The summed E-state index contributed by atoms with van der Waals surface area (Å²) in [5.41, 5.74) is 0. The minimum absolute atomic E-state index is 0.190. The molecule has 1 rings (SSSR count). The second-order valence-corrected chi connectivity index (χ2v) is 4.37. The molecule has 0 amide bonds. The van der Waals surface area contributed by atoms with Gasteiger partial charge in [-0.2, -0.15) is 0 Å². The Kier molecular flexibility index (Phi) is 3.48. The third-order valence-electron chi connectivity index (χ3n) is 3.49. The molecule has 1 fully saturated rings. The molecule has 0 aliphatic carbocycles. The van der Waals surface area contributed by atoms with Gasteiger partial charge in [-0.05, 0) is 38.8 Å². The van der Waals surface area contributed by atoms with Crippen molar-refractivity contribution >= 4 is 5.78 Å². The van der Waals surface area contributed by atoms with Gasteiger partial charge in [-0.1, -0.05) is 20.3 Å². The van der Waals surface area contributed by atoms with E-state index in [2.05, 4.69) is 25.8 Å². The van der Waals surface area contributed by atoms with Gasteiger partial charge in [0.2, 0.25) is 0 Å². The molecule has 0 bridgehead atoms. The predicted octanol–water partition coefficient (Wildman–Crippen LogP) is 1.94. The molecule has 0 N–H and O–H groups in total. The van der Waals surface area contributed by atoms with Crippen LogP contribution >= 0.6 is 0 Å². The Bertz CT molecular complexity index is 191. The molecule has 3 unspecified atom stereocenters. The zero-order valence-corrected chi connectivity index (χ0v) is 9.21. The highest BCUT2D eigenvalue weighted by Gasteiger charge is 2.37. The van der Waals surface area contributed by atoms with Crippen molar-refractivity contribution in [2.75, 3.05) is 13.6 Å². The van der Waals surface area contributed by atoms with Crippen LogP contribution < -0.4 is 0 Å². The number of Topliss-reactive ketones (excluding diaryl/α,β-unsaturated/α-hetero) is 1. The van der Waals surface area contributed by atoms with E-state index in [-0.39, 0.29) is 6.04 Å². The van der Waals surface area contributed by atoms with Crippen molar-refractivity contribution in [3.05, 3.63) is 0 Å². The zero-order valence-electron chi connectivity index (χ0n) is 9.21. The molecule has 0 saturated carbocycles. The number of hydrogen-bond acceptors (Lipinski definition) is 2. The van der Waals surface area contributed by atoms with E-state index >= 15 is 0 Å². The highest BCUT2D eigenvalue weighted by molar-refractivity contribution is 5.82. The van der Waals surface area contributed by atoms with Crippen LogP contribution in [-0.2, 0) is 4.79 Å². The SMILES string of the molecule is CCC(C)C1CCN(C)C1C(C)=O. The van der Waals surface area contributed by atoms with E-state index in [0.29, 0.717) is 17.6 Å². The van der Waals surface area contributed by atoms with Gasteiger partial charge in [-0.25, -0.2) is 0 Å². The van der Waals surface area contributed by atoms with Crippen molar-refractivity contribution in [2.24, 2.45) is 11.8 Å². The molecule has 2 heteroatoms. The molecule has 13 heavy (non-hydrogen) atoms. The summed E-state index contributed by atoms with van der Waals surface area (Å²) in [4.78, 5) is 13.7. The summed E-state index contributed by atoms with van der Waals surface area (Å²) in [5, 5.41) is 0. The van der Waals surface area contributed by atoms with Crippen LogP contribution in [0.3, 0.4) is 0 Å². The van der Waals surface area contributed by atoms with Gasteiger partial charge in [-0.15, -0.1) is 0 Å². The Morgan fingerprint density at radius 2 is 2.23 bits per heavy atom. The number of rotatable bonds is 3. The Labute approximate surface area is 81.3 Å². The maximum Gasteiger partial charge on any atom is 0.147 e. The molecular formula is C11H21NO. The van der Waals surface area contributed by atoms with E-state index in [0.717, 1.165) is 6.54 Å². The smallest absolute Gasteiger partial charge is 0.147 e. The lowest BCUT2D eigenvalue weighted by Crippen LogP contribution is -2.37. The van der Waals surface area contributed by atoms with Crippen LogP contribution in [0.5, 0.6) is 0 Å². The Morgan fingerprint density at radius 3 is 2.69 bits per heavy atom. The molecule has 1 aliphatic rings. The van der Waals surface area contributed by atoms with Crippen LogP contribution in [0.15, 0.2) is 0 Å². The van der Waals surface area contributed by atoms with E-state index in [1.807, 2.05) is 0 Å². The number of likely N-dealkylation sites (N-methyl/N-ethyl adjacent to an activating group) is 1. The maximum atomic E-state index is 11.4. The van der Waals surface area contributed by atoms with E-state index < -0.39 is 0 Å². The van der Waals surface area contributed by atoms with Crippen molar-refractivity contribution in [1.29, 1.82) is 0 Å². The topological polar surface area (TPSA) is 20.3 Å². The van der Waals surface area contributed by atoms with Crippen LogP contribution in [-0.4, -0.2) is 30.3 Å². The van der Waals surface area contributed by atoms with Gasteiger partial charge >= 0.3 is 0 Å². The van der Waals surface area contributed by atoms with Crippen molar-refractivity contribution in [3.8, 4) is 0 Å². The van der Waals surface area contributed by atoms with Gasteiger partial charge in [-0.3, -0.25) is 9.69 Å². The zero-order chi connectivity index (χ0) is 10.0. The van der Waals surface area contributed by atoms with Crippen LogP contribution in [0, 0.1) is 11.8 Å². The number of hydrogen-bond donors (Lipinski definition) is 0. The monoisotopic (exact) mass is 183 g/mol. The van der Waals surface area contributed by atoms with E-state index in [1.165, 1.54) is 12.8 Å². The average Bonchev–Trinajstić information content (AvgIpc) is 2.45. The van der Waals surface area contributed by atoms with Gasteiger partial charge in [0.15, 0.2) is 0 Å². The number of carbonyl (C=O) groups excluding carboxylic acids is 1. The van der Waals surface area contributed by atoms with Gasteiger partial charge in [0.25, 0.3) is 0 Å². The molecule has 2 nitrogen and oxygen atoms in total. The maximum absolute atomic E-state index is 11.4. The van der Waals surface area contributed by atoms with Gasteiger partial charge in [0, 0.05) is 0 Å². The predicted molar refractivity (Wildman–Crippen MR) is 54.7 cm³/mol. The lowest BCUT2D eigenvalue weighted by Gasteiger charge is -2.26. The molecular weight excluding hydrogens is 162 g/mol. The van der Waals surface area contributed by atoms with Crippen molar-refractivity contribution in [3.63, 3.8) is 0 Å². The molecule has 0 aromatic rings. The molecule has 1 heterocycles. The number of carbonyl (C=O) groups is 1. The molecule has 1 aliphatic heterocycles. The normalized spacial score (nSPS) is 32.0. The van der Waals surface area contributed by atoms with Crippen LogP contribution in [0.4, 0.5) is 0 Å². The summed E-state index contributed by atoms with van der Waals surface area (Å²) in [6, 6.07) is 0.190. The molecule has 1 saturated heterocycles. The second-order valence-electron chi connectivity index (χ2n) is 4.37. The quantitative estimate of drug-likeness (QED) is 0.666. The number of likely N-dealkylation sites (tertiary alicyclic amines) is 1. The summed E-state index contributed by atoms with van der Waals surface area (Å²) in [6.07, 6.45) is 2.37. The van der Waals surface area contributed by atoms with Crippen molar-refractivity contribution in [2.45, 2.75) is 39.7 Å². The fraction of sp³-hybridized carbons (Fsp3) is 0.909. The highest BCUT2D eigenvalue weighted by atomic mass is 16.1. The first-order valence-electron chi connectivity index (χ1n) is 5.28. The summed E-state index contributed by atoms with van der Waals surface area (Å²) < 4.78 is 0. The van der Waals surface area contributed by atoms with Gasteiger partial charge in [0.05, 0.1) is 6.04 Å². The molecule has 0 aromatic heterocycles. The summed E-state index contributed by atoms with van der Waals surface area (Å²) in [5.74, 6) is 1.61. The van der Waals surface area contributed by atoms with Gasteiger partial charge < -0.3 is 0 Å². The van der Waals surface area contributed by atoms with Crippen molar-refractivity contribution in [1.82, 2.24) is 4.90 Å². The average molecular weight is 183 g/mol. The molecule has 76 valence electrons. The Hall–Kier alpha value is -0.370. The molecule has 3 atom stereocenters. The van der Waals surface area contributed by atoms with E-state index in [9.17, 15) is 4.79 Å². The third-order valence-corrected chi connectivity index (χ3v) is 3.49. The second kappa shape index (κ2) is 4.23. The summed E-state index contributed by atoms with van der Waals surface area (Å²) >= 11 is 0. The number of ketones is 1. The molecule has 0 spiro atoms. The first-order valence-corrected chi connectivity index (χ1v) is 5.28. The van der Waals surface area contributed by atoms with Gasteiger partial charge in [0.1, 0.15) is 5.78 Å². The summed E-state index contributed by atoms with van der Waals surface area (Å²) in [6.45, 7) is 7.28. The molecule has 0 radical (unpaired) electrons. The minimum atomic E-state index is 0.190. The largest absolute Gasteiger partial charge is 0.298 e. The standard InChI is InChI=1S/C11H21NO/c1-5-8(2)10-6-7-12(4)11(10)9(3)13/h8,10-11H,5-7H2,1-4H3. The Morgan fingerprint density at radius 1 is 1.62 bits per heavy atom. The third kappa shape index (κ3) is 2.11. The fourth-order valence-corrected chi connectivity index (χ4v) is 2.49. The summed E-state index contributed by atoms with van der Waals surface area (Å²) in [7, 11) is 2.06.